The fraction of sp³-hybridized carbons (Fsp3) is 0.571. The summed E-state index contributed by atoms with van der Waals surface area (Å²) in [5.74, 6) is 0. The van der Waals surface area contributed by atoms with Crippen LogP contribution in [0.2, 0.25) is 0 Å². The van der Waals surface area contributed by atoms with Gasteiger partial charge in [-0.25, -0.2) is 4.98 Å². The molecule has 1 aromatic rings. The molecule has 62 valence electrons. The van der Waals surface area contributed by atoms with E-state index in [9.17, 15) is 0 Å². The van der Waals surface area contributed by atoms with Crippen LogP contribution in [0.3, 0.4) is 0 Å². The molecule has 0 radical (unpaired) electrons. The Hall–Kier alpha value is -0.610. The van der Waals surface area contributed by atoms with Crippen molar-refractivity contribution in [1.82, 2.24) is 4.98 Å². The molecule has 11 heavy (non-hydrogen) atoms. The van der Waals surface area contributed by atoms with Crippen LogP contribution >= 0.6 is 11.3 Å². The summed E-state index contributed by atoms with van der Waals surface area (Å²) in [6, 6.07) is 0. The minimum absolute atomic E-state index is 0.662. The summed E-state index contributed by atoms with van der Waals surface area (Å²) < 4.78 is 0. The summed E-state index contributed by atoms with van der Waals surface area (Å²) in [6.45, 7) is 2.72. The quantitative estimate of drug-likeness (QED) is 0.711. The smallest absolute Gasteiger partial charge is 0.180 e. The molecule has 0 spiro atoms. The molecule has 0 saturated heterocycles. The normalized spacial score (nSPS) is 10.4. The average molecular weight is 171 g/mol. The molecule has 4 N–H and O–H groups in total. The second-order valence-corrected chi connectivity index (χ2v) is 3.57. The lowest BCUT2D eigenvalue weighted by Crippen LogP contribution is -1.99. The van der Waals surface area contributed by atoms with E-state index in [1.165, 1.54) is 4.88 Å². The Kier molecular flexibility index (Phi) is 2.84. The Morgan fingerprint density at radius 2 is 2.27 bits per heavy atom. The molecule has 0 aliphatic carbocycles. The zero-order valence-electron chi connectivity index (χ0n) is 6.63. The molecule has 0 amide bonds. The van der Waals surface area contributed by atoms with Crippen LogP contribution < -0.4 is 11.5 Å². The van der Waals surface area contributed by atoms with Crippen LogP contribution in [-0.4, -0.2) is 11.5 Å². The number of anilines is 1. The fourth-order valence-electron chi connectivity index (χ4n) is 0.945. The first-order valence-electron chi connectivity index (χ1n) is 3.66. The number of nitrogen functional groups attached to an aromatic ring is 1. The molecule has 0 aliphatic rings. The van der Waals surface area contributed by atoms with Crippen LogP contribution in [0, 0.1) is 6.92 Å². The van der Waals surface area contributed by atoms with Crippen molar-refractivity contribution in [3.8, 4) is 0 Å². The highest BCUT2D eigenvalue weighted by molar-refractivity contribution is 7.15. The van der Waals surface area contributed by atoms with Crippen molar-refractivity contribution in [3.05, 3.63) is 10.6 Å². The van der Waals surface area contributed by atoms with Gasteiger partial charge in [0.15, 0.2) is 5.13 Å². The number of nitrogens with zero attached hydrogens (tertiary/aromatic N) is 1. The van der Waals surface area contributed by atoms with E-state index < -0.39 is 0 Å². The Labute approximate surface area is 70.4 Å². The second-order valence-electron chi connectivity index (χ2n) is 2.45. The van der Waals surface area contributed by atoms with Gasteiger partial charge in [0.2, 0.25) is 0 Å². The van der Waals surface area contributed by atoms with E-state index >= 15 is 0 Å². The van der Waals surface area contributed by atoms with E-state index in [1.807, 2.05) is 6.92 Å². The summed E-state index contributed by atoms with van der Waals surface area (Å²) in [5, 5.41) is 0.662. The van der Waals surface area contributed by atoms with Crippen LogP contribution in [-0.2, 0) is 6.42 Å². The third-order valence-electron chi connectivity index (χ3n) is 1.52. The molecule has 1 heterocycles. The largest absolute Gasteiger partial charge is 0.375 e. The molecule has 0 aromatic carbocycles. The molecule has 3 nitrogen and oxygen atoms in total. The lowest BCUT2D eigenvalue weighted by atomic mass is 10.2. The van der Waals surface area contributed by atoms with Gasteiger partial charge in [-0.15, -0.1) is 11.3 Å². The SMILES string of the molecule is Cc1nc(N)sc1CCCN. The minimum atomic E-state index is 0.662. The first-order valence-corrected chi connectivity index (χ1v) is 4.47. The van der Waals surface area contributed by atoms with Crippen LogP contribution in [0.15, 0.2) is 0 Å². The number of hydrogen-bond acceptors (Lipinski definition) is 4. The summed E-state index contributed by atoms with van der Waals surface area (Å²) >= 11 is 1.57. The van der Waals surface area contributed by atoms with Crippen LogP contribution in [0.4, 0.5) is 5.13 Å². The topological polar surface area (TPSA) is 64.9 Å². The zero-order valence-corrected chi connectivity index (χ0v) is 7.45. The Morgan fingerprint density at radius 3 is 2.73 bits per heavy atom. The predicted molar refractivity (Wildman–Crippen MR) is 48.6 cm³/mol. The Morgan fingerprint density at radius 1 is 1.55 bits per heavy atom. The van der Waals surface area contributed by atoms with Gasteiger partial charge in [-0.2, -0.15) is 0 Å². The van der Waals surface area contributed by atoms with Gasteiger partial charge in [0.05, 0.1) is 5.69 Å². The summed E-state index contributed by atoms with van der Waals surface area (Å²) in [5.41, 5.74) is 12.0. The van der Waals surface area contributed by atoms with Gasteiger partial charge in [-0.3, -0.25) is 0 Å². The highest BCUT2D eigenvalue weighted by Crippen LogP contribution is 2.20. The van der Waals surface area contributed by atoms with E-state index in [4.69, 9.17) is 11.5 Å². The van der Waals surface area contributed by atoms with Gasteiger partial charge in [-0.05, 0) is 26.3 Å². The fourth-order valence-corrected chi connectivity index (χ4v) is 1.82. The number of nitrogens with two attached hydrogens (primary N) is 2. The van der Waals surface area contributed by atoms with Crippen molar-refractivity contribution >= 4 is 16.5 Å². The van der Waals surface area contributed by atoms with Gasteiger partial charge in [-0.1, -0.05) is 0 Å². The molecule has 0 bridgehead atoms. The Bertz CT molecular complexity index is 232. The lowest BCUT2D eigenvalue weighted by Gasteiger charge is -1.93. The van der Waals surface area contributed by atoms with Gasteiger partial charge < -0.3 is 11.5 Å². The lowest BCUT2D eigenvalue weighted by molar-refractivity contribution is 0.836. The summed E-state index contributed by atoms with van der Waals surface area (Å²) in [4.78, 5) is 5.39. The van der Waals surface area contributed by atoms with Gasteiger partial charge >= 0.3 is 0 Å². The summed E-state index contributed by atoms with van der Waals surface area (Å²) in [7, 11) is 0. The zero-order chi connectivity index (χ0) is 8.27. The van der Waals surface area contributed by atoms with E-state index in [0.29, 0.717) is 5.13 Å². The van der Waals surface area contributed by atoms with Crippen molar-refractivity contribution in [3.63, 3.8) is 0 Å². The molecule has 4 heteroatoms. The predicted octanol–water partition coefficient (Wildman–Crippen LogP) is 0.925. The maximum absolute atomic E-state index is 5.53. The number of hydrogen-bond donors (Lipinski definition) is 2. The van der Waals surface area contributed by atoms with Gasteiger partial charge in [0, 0.05) is 4.88 Å². The molecule has 1 rings (SSSR count). The number of aryl methyl sites for hydroxylation is 2. The molecule has 0 aliphatic heterocycles. The highest BCUT2D eigenvalue weighted by atomic mass is 32.1. The van der Waals surface area contributed by atoms with E-state index in [0.717, 1.165) is 25.1 Å². The van der Waals surface area contributed by atoms with Crippen molar-refractivity contribution < 1.29 is 0 Å². The van der Waals surface area contributed by atoms with Crippen molar-refractivity contribution in [2.75, 3.05) is 12.3 Å². The first kappa shape index (κ1) is 8.49. The maximum atomic E-state index is 5.53. The number of thiazole rings is 1. The minimum Gasteiger partial charge on any atom is -0.375 e. The van der Waals surface area contributed by atoms with Gasteiger partial charge in [0.1, 0.15) is 0 Å². The highest BCUT2D eigenvalue weighted by Gasteiger charge is 2.03. The molecule has 0 fully saturated rings. The van der Waals surface area contributed by atoms with Crippen LogP contribution in [0.1, 0.15) is 17.0 Å². The van der Waals surface area contributed by atoms with Crippen molar-refractivity contribution in [2.24, 2.45) is 5.73 Å². The third kappa shape index (κ3) is 2.17. The van der Waals surface area contributed by atoms with Gasteiger partial charge in [0.25, 0.3) is 0 Å². The Balaban J connectivity index is 2.62. The third-order valence-corrected chi connectivity index (χ3v) is 2.56. The molecular formula is C7H13N3S. The monoisotopic (exact) mass is 171 g/mol. The second kappa shape index (κ2) is 3.69. The maximum Gasteiger partial charge on any atom is 0.180 e. The molecule has 0 atom stereocenters. The average Bonchev–Trinajstić information content (AvgIpc) is 2.26. The first-order chi connectivity index (χ1) is 5.24. The number of rotatable bonds is 3. The van der Waals surface area contributed by atoms with E-state index in [1.54, 1.807) is 11.3 Å². The molecular weight excluding hydrogens is 158 g/mol. The van der Waals surface area contributed by atoms with Crippen LogP contribution in [0.25, 0.3) is 0 Å². The molecule has 0 saturated carbocycles. The van der Waals surface area contributed by atoms with E-state index in [-0.39, 0.29) is 0 Å². The molecule has 1 aromatic heterocycles. The van der Waals surface area contributed by atoms with Crippen molar-refractivity contribution in [1.29, 1.82) is 0 Å². The number of aromatic nitrogens is 1. The standard InChI is InChI=1S/C7H13N3S/c1-5-6(3-2-4-8)11-7(9)10-5/h2-4,8H2,1H3,(H2,9,10). The van der Waals surface area contributed by atoms with Crippen LogP contribution in [0.5, 0.6) is 0 Å². The summed E-state index contributed by atoms with van der Waals surface area (Å²) in [6.07, 6.45) is 2.03. The molecule has 0 unspecified atom stereocenters. The van der Waals surface area contributed by atoms with E-state index in [2.05, 4.69) is 4.98 Å². The van der Waals surface area contributed by atoms with Crippen molar-refractivity contribution in [2.45, 2.75) is 19.8 Å².